The summed E-state index contributed by atoms with van der Waals surface area (Å²) in [5.41, 5.74) is 0. The fraction of sp³-hybridized carbons (Fsp3) is 0.375. The highest BCUT2D eigenvalue weighted by atomic mass is 35.5. The summed E-state index contributed by atoms with van der Waals surface area (Å²) in [4.78, 5) is 4.67. The van der Waals surface area contributed by atoms with Gasteiger partial charge in [0.1, 0.15) is 17.5 Å². The second-order valence-corrected chi connectivity index (χ2v) is 3.07. The van der Waals surface area contributed by atoms with Crippen LogP contribution in [0, 0.1) is 6.07 Å². The number of anilines is 1. The molecule has 0 atom stereocenters. The first-order valence-corrected chi connectivity index (χ1v) is 4.08. The third kappa shape index (κ3) is 3.41. The van der Waals surface area contributed by atoms with Gasteiger partial charge in [0.25, 0.3) is 0 Å². The molecular formula is C8H7ClF3N2. The van der Waals surface area contributed by atoms with Crippen molar-refractivity contribution in [3.05, 3.63) is 23.4 Å². The molecule has 1 aromatic heterocycles. The third-order valence-corrected chi connectivity index (χ3v) is 1.65. The van der Waals surface area contributed by atoms with E-state index >= 15 is 0 Å². The Bertz CT molecular complexity index is 314. The average Bonchev–Trinajstić information content (AvgIpc) is 2.01. The molecule has 14 heavy (non-hydrogen) atoms. The average molecular weight is 224 g/mol. The Kier molecular flexibility index (Phi) is 3.21. The van der Waals surface area contributed by atoms with Crippen LogP contribution in [0.2, 0.25) is 5.15 Å². The van der Waals surface area contributed by atoms with E-state index in [1.807, 2.05) is 0 Å². The minimum Gasteiger partial charge on any atom is -0.351 e. The first-order chi connectivity index (χ1) is 6.38. The van der Waals surface area contributed by atoms with Gasteiger partial charge in [-0.05, 0) is 12.1 Å². The lowest BCUT2D eigenvalue weighted by Gasteiger charge is -2.19. The molecule has 0 aliphatic rings. The molecule has 0 saturated carbocycles. The first-order valence-electron chi connectivity index (χ1n) is 3.70. The van der Waals surface area contributed by atoms with Crippen LogP contribution >= 0.6 is 11.6 Å². The van der Waals surface area contributed by atoms with Crippen molar-refractivity contribution in [1.82, 2.24) is 4.98 Å². The van der Waals surface area contributed by atoms with Gasteiger partial charge in [-0.2, -0.15) is 13.2 Å². The zero-order valence-electron chi connectivity index (χ0n) is 7.27. The maximum atomic E-state index is 12.0. The molecule has 0 spiro atoms. The summed E-state index contributed by atoms with van der Waals surface area (Å²) in [5.74, 6) is 0.172. The number of pyridine rings is 1. The van der Waals surface area contributed by atoms with Crippen molar-refractivity contribution in [3.8, 4) is 0 Å². The molecule has 1 rings (SSSR count). The van der Waals surface area contributed by atoms with Crippen LogP contribution in [0.4, 0.5) is 19.0 Å². The van der Waals surface area contributed by atoms with Gasteiger partial charge in [-0.1, -0.05) is 11.6 Å². The summed E-state index contributed by atoms with van der Waals surface area (Å²) < 4.78 is 35.9. The largest absolute Gasteiger partial charge is 0.405 e. The molecule has 0 saturated heterocycles. The van der Waals surface area contributed by atoms with E-state index < -0.39 is 12.7 Å². The van der Waals surface area contributed by atoms with Gasteiger partial charge in [0.2, 0.25) is 0 Å². The predicted molar refractivity (Wildman–Crippen MR) is 47.4 cm³/mol. The van der Waals surface area contributed by atoms with E-state index in [2.05, 4.69) is 11.1 Å². The molecule has 0 aliphatic carbocycles. The topological polar surface area (TPSA) is 16.1 Å². The highest BCUT2D eigenvalue weighted by molar-refractivity contribution is 6.29. The molecule has 6 heteroatoms. The fourth-order valence-electron chi connectivity index (χ4n) is 0.918. The zero-order chi connectivity index (χ0) is 10.8. The lowest BCUT2D eigenvalue weighted by molar-refractivity contribution is -0.119. The monoisotopic (exact) mass is 223 g/mol. The van der Waals surface area contributed by atoms with Gasteiger partial charge in [0.15, 0.2) is 0 Å². The van der Waals surface area contributed by atoms with E-state index in [0.717, 1.165) is 4.90 Å². The van der Waals surface area contributed by atoms with Crippen molar-refractivity contribution >= 4 is 17.4 Å². The quantitative estimate of drug-likeness (QED) is 0.717. The highest BCUT2D eigenvalue weighted by Crippen LogP contribution is 2.20. The van der Waals surface area contributed by atoms with Crippen LogP contribution in [0.3, 0.4) is 0 Å². The molecule has 1 aromatic rings. The maximum absolute atomic E-state index is 12.0. The minimum absolute atomic E-state index is 0.0523. The number of aromatic nitrogens is 1. The lowest BCUT2D eigenvalue weighted by Crippen LogP contribution is -2.31. The summed E-state index contributed by atoms with van der Waals surface area (Å²) in [5, 5.41) is 0.0523. The number of nitrogens with zero attached hydrogens (tertiary/aromatic N) is 2. The molecule has 2 nitrogen and oxygen atoms in total. The number of rotatable bonds is 2. The van der Waals surface area contributed by atoms with Crippen LogP contribution in [0.15, 0.2) is 12.1 Å². The van der Waals surface area contributed by atoms with Gasteiger partial charge in [0.05, 0.1) is 0 Å². The lowest BCUT2D eigenvalue weighted by atomic mass is 10.4. The van der Waals surface area contributed by atoms with Crippen LogP contribution in [0.1, 0.15) is 0 Å². The summed E-state index contributed by atoms with van der Waals surface area (Å²) in [6, 6.07) is 5.38. The number of hydrogen-bond acceptors (Lipinski definition) is 2. The van der Waals surface area contributed by atoms with Crippen molar-refractivity contribution in [3.63, 3.8) is 0 Å². The van der Waals surface area contributed by atoms with E-state index in [1.54, 1.807) is 0 Å². The number of alkyl halides is 3. The van der Waals surface area contributed by atoms with E-state index in [9.17, 15) is 13.2 Å². The standard InChI is InChI=1S/C8H7ClF3N2/c1-14(5-8(10,11)12)7-4-2-3-6(9)13-7/h2,4H,5H2,1H3. The molecule has 0 unspecified atom stereocenters. The van der Waals surface area contributed by atoms with Crippen molar-refractivity contribution in [2.75, 3.05) is 18.5 Å². The minimum atomic E-state index is -4.25. The van der Waals surface area contributed by atoms with Gasteiger partial charge in [0, 0.05) is 13.1 Å². The molecule has 0 N–H and O–H groups in total. The Morgan fingerprint density at radius 2 is 2.21 bits per heavy atom. The molecule has 0 aliphatic heterocycles. The Morgan fingerprint density at radius 1 is 1.57 bits per heavy atom. The van der Waals surface area contributed by atoms with E-state index in [0.29, 0.717) is 0 Å². The number of hydrogen-bond donors (Lipinski definition) is 0. The predicted octanol–water partition coefficient (Wildman–Crippen LogP) is 2.53. The molecule has 0 fully saturated rings. The molecule has 0 aromatic carbocycles. The molecule has 1 radical (unpaired) electrons. The van der Waals surface area contributed by atoms with Gasteiger partial charge < -0.3 is 4.90 Å². The van der Waals surface area contributed by atoms with Gasteiger partial charge in [-0.15, -0.1) is 0 Å². The molecule has 0 amide bonds. The Morgan fingerprint density at radius 3 is 2.71 bits per heavy atom. The van der Waals surface area contributed by atoms with E-state index in [4.69, 9.17) is 11.6 Å². The molecule has 1 heterocycles. The normalized spacial score (nSPS) is 11.5. The second-order valence-electron chi connectivity index (χ2n) is 2.71. The molecule has 77 valence electrons. The maximum Gasteiger partial charge on any atom is 0.405 e. The molecular weight excluding hydrogens is 217 g/mol. The number of halogens is 4. The van der Waals surface area contributed by atoms with Crippen LogP contribution < -0.4 is 4.90 Å². The Labute approximate surface area is 84.3 Å². The Hall–Kier alpha value is -0.970. The highest BCUT2D eigenvalue weighted by Gasteiger charge is 2.29. The van der Waals surface area contributed by atoms with Crippen LogP contribution in [0.25, 0.3) is 0 Å². The van der Waals surface area contributed by atoms with Crippen LogP contribution in [-0.4, -0.2) is 24.8 Å². The van der Waals surface area contributed by atoms with Gasteiger partial charge >= 0.3 is 6.18 Å². The fourth-order valence-corrected chi connectivity index (χ4v) is 1.07. The summed E-state index contributed by atoms with van der Waals surface area (Å²) >= 11 is 5.49. The Balaban J connectivity index is 2.74. The van der Waals surface area contributed by atoms with Gasteiger partial charge in [-0.3, -0.25) is 0 Å². The first kappa shape index (κ1) is 11.1. The summed E-state index contributed by atoms with van der Waals surface area (Å²) in [6.45, 7) is -1.06. The zero-order valence-corrected chi connectivity index (χ0v) is 8.02. The SMILES string of the molecule is CN(CC(F)(F)F)c1cc[c]c(Cl)n1. The third-order valence-electron chi connectivity index (χ3n) is 1.46. The van der Waals surface area contributed by atoms with Crippen LogP contribution in [0.5, 0.6) is 0 Å². The smallest absolute Gasteiger partial charge is 0.351 e. The second kappa shape index (κ2) is 4.04. The molecule has 0 bridgehead atoms. The van der Waals surface area contributed by atoms with Crippen molar-refractivity contribution in [2.45, 2.75) is 6.18 Å². The van der Waals surface area contributed by atoms with Crippen molar-refractivity contribution < 1.29 is 13.2 Å². The van der Waals surface area contributed by atoms with Crippen LogP contribution in [-0.2, 0) is 0 Å². The van der Waals surface area contributed by atoms with E-state index in [-0.39, 0.29) is 11.0 Å². The summed E-state index contributed by atoms with van der Waals surface area (Å²) in [7, 11) is 1.30. The van der Waals surface area contributed by atoms with Crippen molar-refractivity contribution in [1.29, 1.82) is 0 Å². The summed E-state index contributed by atoms with van der Waals surface area (Å²) in [6.07, 6.45) is -4.25. The van der Waals surface area contributed by atoms with Crippen molar-refractivity contribution in [2.24, 2.45) is 0 Å². The van der Waals surface area contributed by atoms with Gasteiger partial charge in [-0.25, -0.2) is 4.98 Å². The van der Waals surface area contributed by atoms with E-state index in [1.165, 1.54) is 19.2 Å².